The number of methoxy groups -OCH3 is 1. The molecule has 0 aliphatic carbocycles. The number of nitrogens with one attached hydrogen (secondary N) is 1. The van der Waals surface area contributed by atoms with Crippen molar-refractivity contribution < 1.29 is 9.47 Å². The molecule has 0 radical (unpaired) electrons. The van der Waals surface area contributed by atoms with Crippen LogP contribution in [0.25, 0.3) is 10.8 Å². The second-order valence-corrected chi connectivity index (χ2v) is 5.10. The summed E-state index contributed by atoms with van der Waals surface area (Å²) in [4.78, 5) is 6.86. The van der Waals surface area contributed by atoms with Gasteiger partial charge in [0.25, 0.3) is 0 Å². The molecule has 0 atom stereocenters. The highest BCUT2D eigenvalue weighted by Gasteiger charge is 2.10. The largest absolute Gasteiger partial charge is 0.496 e. The van der Waals surface area contributed by atoms with E-state index in [1.165, 1.54) is 0 Å². The molecule has 2 heterocycles. The molecule has 3 rings (SSSR count). The highest BCUT2D eigenvalue weighted by molar-refractivity contribution is 5.95. The second kappa shape index (κ2) is 6.74. The Kier molecular flexibility index (Phi) is 4.52. The third-order valence-electron chi connectivity index (χ3n) is 3.81. The lowest BCUT2D eigenvalue weighted by Gasteiger charge is -2.26. The number of aromatic nitrogens is 1. The van der Waals surface area contributed by atoms with Crippen molar-refractivity contribution in [1.82, 2.24) is 9.88 Å². The number of morpholine rings is 1. The quantitative estimate of drug-likeness (QED) is 0.911. The molecule has 1 aliphatic heterocycles. The van der Waals surface area contributed by atoms with Crippen molar-refractivity contribution in [3.63, 3.8) is 0 Å². The zero-order valence-electron chi connectivity index (χ0n) is 12.3. The van der Waals surface area contributed by atoms with E-state index in [4.69, 9.17) is 9.47 Å². The zero-order chi connectivity index (χ0) is 14.5. The Labute approximate surface area is 124 Å². The van der Waals surface area contributed by atoms with Gasteiger partial charge in [0.2, 0.25) is 0 Å². The van der Waals surface area contributed by atoms with E-state index in [-0.39, 0.29) is 0 Å². The van der Waals surface area contributed by atoms with Gasteiger partial charge in [0, 0.05) is 43.1 Å². The van der Waals surface area contributed by atoms with Gasteiger partial charge in [-0.15, -0.1) is 0 Å². The number of hydrogen-bond acceptors (Lipinski definition) is 5. The lowest BCUT2D eigenvalue weighted by atomic mass is 10.1. The fraction of sp³-hybridized carbons (Fsp3) is 0.438. The first-order valence-corrected chi connectivity index (χ1v) is 7.34. The average molecular weight is 287 g/mol. The van der Waals surface area contributed by atoms with Crippen molar-refractivity contribution in [3.8, 4) is 5.75 Å². The molecule has 1 saturated heterocycles. The third-order valence-corrected chi connectivity index (χ3v) is 3.81. The lowest BCUT2D eigenvalue weighted by molar-refractivity contribution is 0.0398. The van der Waals surface area contributed by atoms with Gasteiger partial charge in [-0.05, 0) is 12.1 Å². The molecule has 112 valence electrons. The molecular formula is C16H21N3O2. The van der Waals surface area contributed by atoms with E-state index in [0.717, 1.165) is 61.7 Å². The van der Waals surface area contributed by atoms with Crippen molar-refractivity contribution >= 4 is 16.6 Å². The minimum absolute atomic E-state index is 0.837. The Bertz CT molecular complexity index is 597. The number of nitrogens with zero attached hydrogens (tertiary/aromatic N) is 2. The number of ether oxygens (including phenoxy) is 2. The minimum atomic E-state index is 0.837. The standard InChI is InChI=1S/C16H21N3O2/c1-20-15-4-2-3-14-13(15)5-6-17-16(14)18-7-8-19-9-11-21-12-10-19/h2-6H,7-12H2,1H3,(H,17,18). The molecule has 0 amide bonds. The minimum Gasteiger partial charge on any atom is -0.496 e. The molecule has 1 fully saturated rings. The number of anilines is 1. The van der Waals surface area contributed by atoms with Crippen molar-refractivity contribution in [1.29, 1.82) is 0 Å². The molecule has 1 aromatic heterocycles. The van der Waals surface area contributed by atoms with Crippen molar-refractivity contribution in [2.24, 2.45) is 0 Å². The first-order chi connectivity index (χ1) is 10.4. The van der Waals surface area contributed by atoms with E-state index < -0.39 is 0 Å². The van der Waals surface area contributed by atoms with Gasteiger partial charge >= 0.3 is 0 Å². The maximum absolute atomic E-state index is 5.40. The summed E-state index contributed by atoms with van der Waals surface area (Å²) in [6.07, 6.45) is 1.82. The van der Waals surface area contributed by atoms with Crippen LogP contribution in [0.3, 0.4) is 0 Å². The van der Waals surface area contributed by atoms with Crippen LogP contribution < -0.4 is 10.1 Å². The van der Waals surface area contributed by atoms with Gasteiger partial charge in [-0.25, -0.2) is 4.98 Å². The molecular weight excluding hydrogens is 266 g/mol. The molecule has 2 aromatic rings. The first-order valence-electron chi connectivity index (χ1n) is 7.34. The summed E-state index contributed by atoms with van der Waals surface area (Å²) >= 11 is 0. The normalized spacial score (nSPS) is 16.0. The van der Waals surface area contributed by atoms with Crippen molar-refractivity contribution in [2.75, 3.05) is 51.8 Å². The molecule has 0 bridgehead atoms. The molecule has 1 N–H and O–H groups in total. The number of benzene rings is 1. The van der Waals surface area contributed by atoms with Gasteiger partial charge in [-0.2, -0.15) is 0 Å². The third kappa shape index (κ3) is 3.25. The van der Waals surface area contributed by atoms with Crippen LogP contribution in [0.4, 0.5) is 5.82 Å². The van der Waals surface area contributed by atoms with Crippen LogP contribution in [0.1, 0.15) is 0 Å². The lowest BCUT2D eigenvalue weighted by Crippen LogP contribution is -2.39. The summed E-state index contributed by atoms with van der Waals surface area (Å²) in [6.45, 7) is 5.58. The second-order valence-electron chi connectivity index (χ2n) is 5.10. The zero-order valence-corrected chi connectivity index (χ0v) is 12.3. The van der Waals surface area contributed by atoms with E-state index in [9.17, 15) is 0 Å². The van der Waals surface area contributed by atoms with Crippen LogP contribution in [-0.2, 0) is 4.74 Å². The van der Waals surface area contributed by atoms with E-state index in [0.29, 0.717) is 0 Å². The molecule has 0 spiro atoms. The fourth-order valence-electron chi connectivity index (χ4n) is 2.65. The average Bonchev–Trinajstić information content (AvgIpc) is 2.55. The highest BCUT2D eigenvalue weighted by atomic mass is 16.5. The maximum atomic E-state index is 5.40. The summed E-state index contributed by atoms with van der Waals surface area (Å²) in [6, 6.07) is 8.03. The van der Waals surface area contributed by atoms with Crippen LogP contribution in [-0.4, -0.2) is 56.4 Å². The number of fused-ring (bicyclic) bond motifs is 1. The molecule has 21 heavy (non-hydrogen) atoms. The Balaban J connectivity index is 1.69. The summed E-state index contributed by atoms with van der Waals surface area (Å²) in [7, 11) is 1.70. The topological polar surface area (TPSA) is 46.6 Å². The predicted octanol–water partition coefficient (Wildman–Crippen LogP) is 1.99. The first kappa shape index (κ1) is 14.1. The molecule has 5 nitrogen and oxygen atoms in total. The van der Waals surface area contributed by atoms with Gasteiger partial charge in [0.1, 0.15) is 11.6 Å². The van der Waals surface area contributed by atoms with E-state index in [1.54, 1.807) is 7.11 Å². The van der Waals surface area contributed by atoms with Crippen LogP contribution in [0.5, 0.6) is 5.75 Å². The summed E-state index contributed by atoms with van der Waals surface area (Å²) in [5, 5.41) is 5.62. The Morgan fingerprint density at radius 1 is 1.24 bits per heavy atom. The van der Waals surface area contributed by atoms with Crippen LogP contribution in [0.2, 0.25) is 0 Å². The molecule has 0 unspecified atom stereocenters. The van der Waals surface area contributed by atoms with E-state index in [2.05, 4.69) is 21.3 Å². The van der Waals surface area contributed by atoms with Crippen molar-refractivity contribution in [3.05, 3.63) is 30.5 Å². The smallest absolute Gasteiger partial charge is 0.133 e. The van der Waals surface area contributed by atoms with Gasteiger partial charge in [0.15, 0.2) is 0 Å². The van der Waals surface area contributed by atoms with Gasteiger partial charge < -0.3 is 14.8 Å². The predicted molar refractivity (Wildman–Crippen MR) is 84.0 cm³/mol. The molecule has 1 aliphatic rings. The maximum Gasteiger partial charge on any atom is 0.133 e. The summed E-state index contributed by atoms with van der Waals surface area (Å²) in [5.41, 5.74) is 0. The molecule has 1 aromatic carbocycles. The van der Waals surface area contributed by atoms with Crippen LogP contribution in [0, 0.1) is 0 Å². The van der Waals surface area contributed by atoms with Crippen molar-refractivity contribution in [2.45, 2.75) is 0 Å². The highest BCUT2D eigenvalue weighted by Crippen LogP contribution is 2.28. The Morgan fingerprint density at radius 3 is 2.90 bits per heavy atom. The molecule has 0 saturated carbocycles. The van der Waals surface area contributed by atoms with Crippen LogP contribution in [0.15, 0.2) is 30.5 Å². The number of rotatable bonds is 5. The van der Waals surface area contributed by atoms with Gasteiger partial charge in [-0.1, -0.05) is 12.1 Å². The van der Waals surface area contributed by atoms with E-state index in [1.807, 2.05) is 24.4 Å². The SMILES string of the molecule is COc1cccc2c(NCCN3CCOCC3)nccc12. The monoisotopic (exact) mass is 287 g/mol. The molecule has 5 heteroatoms. The van der Waals surface area contributed by atoms with Gasteiger partial charge in [0.05, 0.1) is 20.3 Å². The number of hydrogen-bond donors (Lipinski definition) is 1. The summed E-state index contributed by atoms with van der Waals surface area (Å²) in [5.74, 6) is 1.80. The summed E-state index contributed by atoms with van der Waals surface area (Å²) < 4.78 is 10.8. The fourth-order valence-corrected chi connectivity index (χ4v) is 2.65. The van der Waals surface area contributed by atoms with Crippen LogP contribution >= 0.6 is 0 Å². The Morgan fingerprint density at radius 2 is 2.10 bits per heavy atom. The number of pyridine rings is 1. The van der Waals surface area contributed by atoms with E-state index >= 15 is 0 Å². The van der Waals surface area contributed by atoms with Gasteiger partial charge in [-0.3, -0.25) is 4.90 Å². The Hall–Kier alpha value is -1.85.